The van der Waals surface area contributed by atoms with Gasteiger partial charge < -0.3 is 9.88 Å². The molecular formula is C10H14N2O. The second-order valence-electron chi connectivity index (χ2n) is 3.48. The fraction of sp³-hybridized carbons (Fsp3) is 0.500. The average Bonchev–Trinajstić information content (AvgIpc) is 2.67. The van der Waals surface area contributed by atoms with Gasteiger partial charge in [0, 0.05) is 24.8 Å². The maximum atomic E-state index is 10.5. The van der Waals surface area contributed by atoms with Crippen LogP contribution in [0.3, 0.4) is 0 Å². The quantitative estimate of drug-likeness (QED) is 0.701. The highest BCUT2D eigenvalue weighted by atomic mass is 16.1. The summed E-state index contributed by atoms with van der Waals surface area (Å²) in [4.78, 5) is 15.9. The van der Waals surface area contributed by atoms with Gasteiger partial charge in [0.15, 0.2) is 6.29 Å². The molecule has 1 fully saturated rings. The molecular weight excluding hydrogens is 164 g/mol. The number of aldehydes is 1. The number of nitrogens with one attached hydrogen (secondary N) is 1. The summed E-state index contributed by atoms with van der Waals surface area (Å²) in [5.41, 5.74) is 0.737. The molecule has 1 aromatic rings. The molecule has 1 aliphatic rings. The Bertz CT molecular complexity index is 287. The molecule has 2 rings (SSSR count). The van der Waals surface area contributed by atoms with Crippen LogP contribution in [0.1, 0.15) is 29.6 Å². The molecule has 1 aromatic heterocycles. The minimum absolute atomic E-state index is 0.737. The normalized spacial score (nSPS) is 17.4. The fourth-order valence-corrected chi connectivity index (χ4v) is 1.78. The van der Waals surface area contributed by atoms with Gasteiger partial charge in [-0.1, -0.05) is 0 Å². The minimum atomic E-state index is 0.737. The average molecular weight is 178 g/mol. The van der Waals surface area contributed by atoms with Crippen LogP contribution in [-0.2, 0) is 0 Å². The van der Waals surface area contributed by atoms with Gasteiger partial charge in [0.2, 0.25) is 0 Å². The van der Waals surface area contributed by atoms with Gasteiger partial charge in [-0.2, -0.15) is 0 Å². The van der Waals surface area contributed by atoms with Crippen LogP contribution in [0.5, 0.6) is 0 Å². The molecule has 2 heterocycles. The van der Waals surface area contributed by atoms with Crippen LogP contribution in [-0.4, -0.2) is 24.4 Å². The molecule has 0 amide bonds. The number of carbonyl (C=O) groups is 1. The van der Waals surface area contributed by atoms with Crippen molar-refractivity contribution >= 4 is 12.1 Å². The van der Waals surface area contributed by atoms with Crippen LogP contribution in [0.15, 0.2) is 12.3 Å². The van der Waals surface area contributed by atoms with E-state index in [4.69, 9.17) is 0 Å². The van der Waals surface area contributed by atoms with E-state index in [1.165, 1.54) is 19.3 Å². The molecule has 3 heteroatoms. The topological polar surface area (TPSA) is 36.1 Å². The van der Waals surface area contributed by atoms with Gasteiger partial charge in [0.1, 0.15) is 5.82 Å². The SMILES string of the molecule is O=Cc1c[nH]c(N2CCCCC2)c1. The highest BCUT2D eigenvalue weighted by molar-refractivity contribution is 5.76. The summed E-state index contributed by atoms with van der Waals surface area (Å²) in [7, 11) is 0. The second-order valence-corrected chi connectivity index (χ2v) is 3.48. The number of H-pyrrole nitrogens is 1. The molecule has 0 spiro atoms. The number of carbonyl (C=O) groups excluding carboxylic acids is 1. The van der Waals surface area contributed by atoms with E-state index in [-0.39, 0.29) is 0 Å². The van der Waals surface area contributed by atoms with Crippen molar-refractivity contribution in [1.29, 1.82) is 0 Å². The summed E-state index contributed by atoms with van der Waals surface area (Å²) in [5, 5.41) is 0. The first-order chi connectivity index (χ1) is 6.40. The monoisotopic (exact) mass is 178 g/mol. The summed E-state index contributed by atoms with van der Waals surface area (Å²) in [6.07, 6.45) is 6.49. The van der Waals surface area contributed by atoms with E-state index in [2.05, 4.69) is 9.88 Å². The number of rotatable bonds is 2. The van der Waals surface area contributed by atoms with Crippen molar-refractivity contribution in [2.45, 2.75) is 19.3 Å². The second kappa shape index (κ2) is 3.64. The van der Waals surface area contributed by atoms with E-state index >= 15 is 0 Å². The van der Waals surface area contributed by atoms with Crippen molar-refractivity contribution in [3.05, 3.63) is 17.8 Å². The summed E-state index contributed by atoms with van der Waals surface area (Å²) in [6, 6.07) is 1.92. The Morgan fingerprint density at radius 3 is 2.69 bits per heavy atom. The molecule has 0 saturated carbocycles. The number of anilines is 1. The fourth-order valence-electron chi connectivity index (χ4n) is 1.78. The molecule has 13 heavy (non-hydrogen) atoms. The van der Waals surface area contributed by atoms with Crippen LogP contribution in [0.25, 0.3) is 0 Å². The van der Waals surface area contributed by atoms with Gasteiger partial charge >= 0.3 is 0 Å². The Hall–Kier alpha value is -1.25. The van der Waals surface area contributed by atoms with E-state index in [0.717, 1.165) is 30.8 Å². The van der Waals surface area contributed by atoms with E-state index in [1.54, 1.807) is 6.20 Å². The molecule has 0 bridgehead atoms. The molecule has 0 radical (unpaired) electrons. The van der Waals surface area contributed by atoms with E-state index < -0.39 is 0 Å². The third kappa shape index (κ3) is 1.74. The number of hydrogen-bond donors (Lipinski definition) is 1. The van der Waals surface area contributed by atoms with Crippen molar-refractivity contribution in [3.8, 4) is 0 Å². The van der Waals surface area contributed by atoms with Crippen molar-refractivity contribution in [3.63, 3.8) is 0 Å². The first kappa shape index (κ1) is 8.35. The lowest BCUT2D eigenvalue weighted by molar-refractivity contribution is 0.112. The molecule has 0 aliphatic carbocycles. The lowest BCUT2D eigenvalue weighted by Gasteiger charge is -2.27. The van der Waals surface area contributed by atoms with Crippen molar-refractivity contribution in [1.82, 2.24) is 4.98 Å². The van der Waals surface area contributed by atoms with Crippen LogP contribution in [0.4, 0.5) is 5.82 Å². The minimum Gasteiger partial charge on any atom is -0.358 e. The highest BCUT2D eigenvalue weighted by Crippen LogP contribution is 2.18. The lowest BCUT2D eigenvalue weighted by Crippen LogP contribution is -2.29. The zero-order valence-electron chi connectivity index (χ0n) is 7.62. The number of nitrogens with zero attached hydrogens (tertiary/aromatic N) is 1. The molecule has 1 N–H and O–H groups in total. The number of aromatic nitrogens is 1. The first-order valence-electron chi connectivity index (χ1n) is 4.79. The molecule has 0 aromatic carbocycles. The first-order valence-corrected chi connectivity index (χ1v) is 4.79. The van der Waals surface area contributed by atoms with Crippen LogP contribution in [0, 0.1) is 0 Å². The Morgan fingerprint density at radius 1 is 1.31 bits per heavy atom. The Balaban J connectivity index is 2.09. The molecule has 1 aliphatic heterocycles. The highest BCUT2D eigenvalue weighted by Gasteiger charge is 2.11. The lowest BCUT2D eigenvalue weighted by atomic mass is 10.1. The van der Waals surface area contributed by atoms with Gasteiger partial charge in [-0.15, -0.1) is 0 Å². The smallest absolute Gasteiger partial charge is 0.151 e. The molecule has 0 atom stereocenters. The van der Waals surface area contributed by atoms with Crippen molar-refractivity contribution < 1.29 is 4.79 Å². The number of aromatic amines is 1. The standard InChI is InChI=1S/C10H14N2O/c13-8-9-6-10(11-7-9)12-4-2-1-3-5-12/h6-8,11H,1-5H2. The maximum Gasteiger partial charge on any atom is 0.151 e. The molecule has 1 saturated heterocycles. The maximum absolute atomic E-state index is 10.5. The largest absolute Gasteiger partial charge is 0.358 e. The van der Waals surface area contributed by atoms with Gasteiger partial charge in [-0.05, 0) is 25.3 Å². The van der Waals surface area contributed by atoms with E-state index in [1.807, 2.05) is 6.07 Å². The van der Waals surface area contributed by atoms with Gasteiger partial charge in [-0.3, -0.25) is 4.79 Å². The molecule has 3 nitrogen and oxygen atoms in total. The van der Waals surface area contributed by atoms with E-state index in [0.29, 0.717) is 0 Å². The Kier molecular flexibility index (Phi) is 2.34. The van der Waals surface area contributed by atoms with Gasteiger partial charge in [-0.25, -0.2) is 0 Å². The Morgan fingerprint density at radius 2 is 2.08 bits per heavy atom. The molecule has 70 valence electrons. The summed E-state index contributed by atoms with van der Waals surface area (Å²) >= 11 is 0. The van der Waals surface area contributed by atoms with Gasteiger partial charge in [0.25, 0.3) is 0 Å². The van der Waals surface area contributed by atoms with Crippen molar-refractivity contribution in [2.24, 2.45) is 0 Å². The summed E-state index contributed by atoms with van der Waals surface area (Å²) in [5.74, 6) is 1.08. The van der Waals surface area contributed by atoms with Crippen LogP contribution < -0.4 is 4.90 Å². The Labute approximate surface area is 77.7 Å². The van der Waals surface area contributed by atoms with Crippen LogP contribution >= 0.6 is 0 Å². The number of piperidine rings is 1. The molecule has 0 unspecified atom stereocenters. The zero-order chi connectivity index (χ0) is 9.10. The summed E-state index contributed by atoms with van der Waals surface area (Å²) in [6.45, 7) is 2.22. The predicted octanol–water partition coefficient (Wildman–Crippen LogP) is 1.82. The van der Waals surface area contributed by atoms with Crippen molar-refractivity contribution in [2.75, 3.05) is 18.0 Å². The predicted molar refractivity (Wildman–Crippen MR) is 52.2 cm³/mol. The third-order valence-electron chi connectivity index (χ3n) is 2.52. The van der Waals surface area contributed by atoms with Gasteiger partial charge in [0.05, 0.1) is 0 Å². The zero-order valence-corrected chi connectivity index (χ0v) is 7.62. The third-order valence-corrected chi connectivity index (χ3v) is 2.52. The summed E-state index contributed by atoms with van der Waals surface area (Å²) < 4.78 is 0. The van der Waals surface area contributed by atoms with Crippen LogP contribution in [0.2, 0.25) is 0 Å². The van der Waals surface area contributed by atoms with E-state index in [9.17, 15) is 4.79 Å². The number of hydrogen-bond acceptors (Lipinski definition) is 2.